The number of thiophene rings is 1. The average molecular weight is 402 g/mol. The summed E-state index contributed by atoms with van der Waals surface area (Å²) in [4.78, 5) is 19.5. The average Bonchev–Trinajstić information content (AvgIpc) is 3.04. The molecule has 0 atom stereocenters. The molecule has 2 heterocycles. The number of hydrogen-bond donors (Lipinski definition) is 0. The molecule has 0 aliphatic rings. The van der Waals surface area contributed by atoms with E-state index in [4.69, 9.17) is 0 Å². The van der Waals surface area contributed by atoms with E-state index in [1.165, 1.54) is 27.9 Å². The Kier molecular flexibility index (Phi) is 4.92. The van der Waals surface area contributed by atoms with Crippen LogP contribution in [0.5, 0.6) is 0 Å². The Bertz CT molecular complexity index is 1240. The van der Waals surface area contributed by atoms with Crippen LogP contribution in [0.2, 0.25) is 0 Å². The molecule has 5 heteroatoms. The molecule has 4 nitrogen and oxygen atoms in total. The van der Waals surface area contributed by atoms with E-state index in [1.807, 2.05) is 49.4 Å². The van der Waals surface area contributed by atoms with Gasteiger partial charge in [0.2, 0.25) is 0 Å². The van der Waals surface area contributed by atoms with Crippen LogP contribution in [0.15, 0.2) is 70.8 Å². The predicted molar refractivity (Wildman–Crippen MR) is 122 cm³/mol. The first-order valence-corrected chi connectivity index (χ1v) is 10.4. The van der Waals surface area contributed by atoms with Crippen LogP contribution in [0.25, 0.3) is 21.3 Å². The highest BCUT2D eigenvalue weighted by molar-refractivity contribution is 7.19. The molecule has 0 aliphatic heterocycles. The van der Waals surface area contributed by atoms with Gasteiger partial charge >= 0.3 is 0 Å². The molecule has 4 aromatic rings. The summed E-state index contributed by atoms with van der Waals surface area (Å²) < 4.78 is 1.32. The lowest BCUT2D eigenvalue weighted by molar-refractivity contribution is 0.590. The fourth-order valence-corrected chi connectivity index (χ4v) is 4.33. The number of fused-ring (bicyclic) bond motifs is 1. The summed E-state index contributed by atoms with van der Waals surface area (Å²) in [5.41, 5.74) is 4.12. The Balaban J connectivity index is 1.75. The summed E-state index contributed by atoms with van der Waals surface area (Å²) in [6.45, 7) is 8.58. The molecular formula is C24H23N3OS. The molecule has 146 valence electrons. The van der Waals surface area contributed by atoms with Gasteiger partial charge in [-0.3, -0.25) is 4.79 Å². The SMILES string of the molecule is Cc1sc2ncn(/N=C\c3ccc(C(C)(C)C)cc3)c(=O)c2c1-c1ccccc1. The lowest BCUT2D eigenvalue weighted by Crippen LogP contribution is -2.17. The lowest BCUT2D eigenvalue weighted by Gasteiger charge is -2.18. The number of rotatable bonds is 3. The van der Waals surface area contributed by atoms with Gasteiger partial charge in [0.25, 0.3) is 5.56 Å². The maximum atomic E-state index is 13.2. The van der Waals surface area contributed by atoms with Crippen molar-refractivity contribution >= 4 is 27.8 Å². The first-order valence-electron chi connectivity index (χ1n) is 9.55. The minimum atomic E-state index is -0.152. The van der Waals surface area contributed by atoms with Crippen LogP contribution < -0.4 is 5.56 Å². The summed E-state index contributed by atoms with van der Waals surface area (Å²) in [5.74, 6) is 0. The smallest absolute Gasteiger partial charge is 0.267 e. The Morgan fingerprint density at radius 3 is 2.38 bits per heavy atom. The largest absolute Gasteiger partial charge is 0.283 e. The van der Waals surface area contributed by atoms with E-state index in [2.05, 4.69) is 43.0 Å². The van der Waals surface area contributed by atoms with Gasteiger partial charge in [-0.2, -0.15) is 9.78 Å². The van der Waals surface area contributed by atoms with E-state index in [-0.39, 0.29) is 11.0 Å². The third-order valence-electron chi connectivity index (χ3n) is 4.94. The molecule has 0 amide bonds. The van der Waals surface area contributed by atoms with Crippen molar-refractivity contribution in [3.8, 4) is 11.1 Å². The topological polar surface area (TPSA) is 47.2 Å². The molecule has 0 saturated carbocycles. The van der Waals surface area contributed by atoms with Crippen molar-refractivity contribution in [3.63, 3.8) is 0 Å². The first kappa shape index (κ1) is 19.3. The van der Waals surface area contributed by atoms with Crippen molar-refractivity contribution in [3.05, 3.63) is 87.3 Å². The summed E-state index contributed by atoms with van der Waals surface area (Å²) in [7, 11) is 0. The molecule has 0 N–H and O–H groups in total. The lowest BCUT2D eigenvalue weighted by atomic mass is 9.87. The van der Waals surface area contributed by atoms with E-state index >= 15 is 0 Å². The van der Waals surface area contributed by atoms with Crippen molar-refractivity contribution in [2.75, 3.05) is 0 Å². The van der Waals surface area contributed by atoms with Crippen LogP contribution in [0.3, 0.4) is 0 Å². The molecule has 2 aromatic heterocycles. The Labute approximate surface area is 174 Å². The van der Waals surface area contributed by atoms with Gasteiger partial charge < -0.3 is 0 Å². The van der Waals surface area contributed by atoms with Crippen molar-refractivity contribution < 1.29 is 0 Å². The highest BCUT2D eigenvalue weighted by atomic mass is 32.1. The fraction of sp³-hybridized carbons (Fsp3) is 0.208. The molecule has 0 spiro atoms. The third kappa shape index (κ3) is 3.78. The number of aryl methyl sites for hydroxylation is 1. The van der Waals surface area contributed by atoms with Gasteiger partial charge in [-0.25, -0.2) is 4.98 Å². The van der Waals surface area contributed by atoms with Crippen LogP contribution in [0.4, 0.5) is 0 Å². The first-order chi connectivity index (χ1) is 13.8. The molecule has 0 unspecified atom stereocenters. The van der Waals surface area contributed by atoms with Crippen LogP contribution in [0.1, 0.15) is 36.8 Å². The molecule has 0 radical (unpaired) electrons. The van der Waals surface area contributed by atoms with Gasteiger partial charge in [-0.05, 0) is 29.0 Å². The minimum Gasteiger partial charge on any atom is -0.267 e. The molecule has 0 saturated heterocycles. The van der Waals surface area contributed by atoms with Crippen LogP contribution in [-0.4, -0.2) is 15.9 Å². The number of aromatic nitrogens is 2. The highest BCUT2D eigenvalue weighted by Gasteiger charge is 2.16. The van der Waals surface area contributed by atoms with Crippen LogP contribution in [0, 0.1) is 6.92 Å². The van der Waals surface area contributed by atoms with E-state index < -0.39 is 0 Å². The fourth-order valence-electron chi connectivity index (χ4n) is 3.33. The Morgan fingerprint density at radius 2 is 1.72 bits per heavy atom. The zero-order valence-electron chi connectivity index (χ0n) is 17.0. The summed E-state index contributed by atoms with van der Waals surface area (Å²) in [5, 5.41) is 5.01. The number of nitrogens with zero attached hydrogens (tertiary/aromatic N) is 3. The second-order valence-corrected chi connectivity index (χ2v) is 9.29. The summed E-state index contributed by atoms with van der Waals surface area (Å²) in [6, 6.07) is 18.2. The third-order valence-corrected chi connectivity index (χ3v) is 5.96. The highest BCUT2D eigenvalue weighted by Crippen LogP contribution is 2.35. The molecule has 2 aromatic carbocycles. The van der Waals surface area contributed by atoms with Crippen molar-refractivity contribution in [2.45, 2.75) is 33.1 Å². The zero-order chi connectivity index (χ0) is 20.6. The van der Waals surface area contributed by atoms with E-state index in [1.54, 1.807) is 6.21 Å². The van der Waals surface area contributed by atoms with E-state index in [0.717, 1.165) is 26.4 Å². The zero-order valence-corrected chi connectivity index (χ0v) is 17.8. The maximum Gasteiger partial charge on any atom is 0.283 e. The molecule has 4 rings (SSSR count). The Hall–Kier alpha value is -3.05. The summed E-state index contributed by atoms with van der Waals surface area (Å²) >= 11 is 1.54. The second-order valence-electron chi connectivity index (χ2n) is 8.09. The van der Waals surface area contributed by atoms with E-state index in [9.17, 15) is 4.79 Å². The molecule has 0 bridgehead atoms. The van der Waals surface area contributed by atoms with Gasteiger partial charge in [0, 0.05) is 10.4 Å². The minimum absolute atomic E-state index is 0.103. The molecule has 29 heavy (non-hydrogen) atoms. The van der Waals surface area contributed by atoms with E-state index in [0.29, 0.717) is 5.39 Å². The van der Waals surface area contributed by atoms with Crippen molar-refractivity contribution in [1.29, 1.82) is 0 Å². The number of hydrogen-bond acceptors (Lipinski definition) is 4. The quantitative estimate of drug-likeness (QED) is 0.419. The second kappa shape index (κ2) is 7.41. The predicted octanol–water partition coefficient (Wildman–Crippen LogP) is 5.61. The van der Waals surface area contributed by atoms with Gasteiger partial charge in [-0.15, -0.1) is 11.3 Å². The maximum absolute atomic E-state index is 13.2. The van der Waals surface area contributed by atoms with Gasteiger partial charge in [-0.1, -0.05) is 75.4 Å². The van der Waals surface area contributed by atoms with Crippen molar-refractivity contribution in [2.24, 2.45) is 5.10 Å². The van der Waals surface area contributed by atoms with Gasteiger partial charge in [0.15, 0.2) is 0 Å². The van der Waals surface area contributed by atoms with Crippen LogP contribution >= 0.6 is 11.3 Å². The monoisotopic (exact) mass is 401 g/mol. The normalized spacial score (nSPS) is 12.1. The van der Waals surface area contributed by atoms with Gasteiger partial charge in [0.1, 0.15) is 11.2 Å². The standard InChI is InChI=1S/C24H23N3OS/c1-16-20(18-8-6-5-7-9-18)21-22(29-16)25-15-27(23(21)28)26-14-17-10-12-19(13-11-17)24(2,3)4/h5-15H,1-4H3/b26-14-. The van der Waals surface area contributed by atoms with Gasteiger partial charge in [0.05, 0.1) is 11.6 Å². The van der Waals surface area contributed by atoms with Crippen molar-refractivity contribution in [1.82, 2.24) is 9.66 Å². The van der Waals surface area contributed by atoms with Crippen LogP contribution in [-0.2, 0) is 5.41 Å². The molecule has 0 fully saturated rings. The number of benzene rings is 2. The Morgan fingerprint density at radius 1 is 1.03 bits per heavy atom. The molecular weight excluding hydrogens is 378 g/mol. The molecule has 0 aliphatic carbocycles. The summed E-state index contributed by atoms with van der Waals surface area (Å²) in [6.07, 6.45) is 3.19.